The molecule has 26 heavy (non-hydrogen) atoms. The Morgan fingerprint density at radius 1 is 1.12 bits per heavy atom. The van der Waals surface area contributed by atoms with Gasteiger partial charge < -0.3 is 15.0 Å². The molecule has 3 rings (SSSR count). The van der Waals surface area contributed by atoms with Gasteiger partial charge in [0.25, 0.3) is 5.92 Å². The number of nitrogens with zero attached hydrogens (tertiary/aromatic N) is 2. The van der Waals surface area contributed by atoms with Crippen molar-refractivity contribution in [2.75, 3.05) is 20.2 Å². The summed E-state index contributed by atoms with van der Waals surface area (Å²) in [6.45, 7) is 0.0923. The van der Waals surface area contributed by atoms with Crippen molar-refractivity contribution in [3.63, 3.8) is 0 Å². The minimum Gasteiger partial charge on any atom is -0.497 e. The number of benzene rings is 1. The maximum atomic E-state index is 13.3. The monoisotopic (exact) mass is 361 g/mol. The average Bonchev–Trinajstić information content (AvgIpc) is 2.66. The fraction of sp³-hybridized carbons (Fsp3) is 0.368. The first-order valence-electron chi connectivity index (χ1n) is 8.46. The third-order valence-corrected chi connectivity index (χ3v) is 4.54. The maximum Gasteiger partial charge on any atom is 0.318 e. The number of ether oxygens (including phenoxy) is 1. The van der Waals surface area contributed by atoms with E-state index in [-0.39, 0.29) is 32.0 Å². The molecule has 0 unspecified atom stereocenters. The molecule has 0 bridgehead atoms. The van der Waals surface area contributed by atoms with E-state index in [2.05, 4.69) is 10.3 Å². The maximum absolute atomic E-state index is 13.3. The predicted molar refractivity (Wildman–Crippen MR) is 93.4 cm³/mol. The lowest BCUT2D eigenvalue weighted by molar-refractivity contribution is -0.0470. The van der Waals surface area contributed by atoms with E-state index in [4.69, 9.17) is 4.74 Å². The Morgan fingerprint density at radius 3 is 2.27 bits per heavy atom. The summed E-state index contributed by atoms with van der Waals surface area (Å²) in [6, 6.07) is 10.3. The second-order valence-electron chi connectivity index (χ2n) is 6.28. The summed E-state index contributed by atoms with van der Waals surface area (Å²) in [7, 11) is 1.59. The van der Waals surface area contributed by atoms with E-state index in [1.165, 1.54) is 4.90 Å². The number of nitrogens with one attached hydrogen (secondary N) is 1. The van der Waals surface area contributed by atoms with Crippen molar-refractivity contribution in [2.24, 2.45) is 0 Å². The zero-order valence-electron chi connectivity index (χ0n) is 14.5. The summed E-state index contributed by atoms with van der Waals surface area (Å²) in [5.74, 6) is -1.97. The highest BCUT2D eigenvalue weighted by Crippen LogP contribution is 2.29. The van der Waals surface area contributed by atoms with Crippen LogP contribution >= 0.6 is 0 Å². The van der Waals surface area contributed by atoms with Crippen LogP contribution in [0.2, 0.25) is 0 Å². The van der Waals surface area contributed by atoms with Gasteiger partial charge in [-0.25, -0.2) is 13.6 Å². The lowest BCUT2D eigenvalue weighted by Crippen LogP contribution is -2.48. The molecule has 0 radical (unpaired) electrons. The molecule has 1 N–H and O–H groups in total. The fourth-order valence-corrected chi connectivity index (χ4v) is 2.96. The van der Waals surface area contributed by atoms with E-state index in [9.17, 15) is 13.6 Å². The lowest BCUT2D eigenvalue weighted by Gasteiger charge is -2.33. The number of urea groups is 1. The first-order chi connectivity index (χ1) is 12.5. The van der Waals surface area contributed by atoms with E-state index in [0.717, 1.165) is 11.1 Å². The van der Waals surface area contributed by atoms with E-state index in [0.29, 0.717) is 5.75 Å². The number of hydrogen-bond donors (Lipinski definition) is 1. The van der Waals surface area contributed by atoms with E-state index >= 15 is 0 Å². The molecule has 2 heterocycles. The van der Waals surface area contributed by atoms with Gasteiger partial charge in [0, 0.05) is 38.3 Å². The minimum atomic E-state index is -2.68. The zero-order valence-corrected chi connectivity index (χ0v) is 14.5. The van der Waals surface area contributed by atoms with Gasteiger partial charge in [0.05, 0.1) is 13.2 Å². The van der Waals surface area contributed by atoms with Gasteiger partial charge in [-0.2, -0.15) is 0 Å². The quantitative estimate of drug-likeness (QED) is 0.905. The van der Waals surface area contributed by atoms with Crippen LogP contribution in [0.4, 0.5) is 13.6 Å². The summed E-state index contributed by atoms with van der Waals surface area (Å²) >= 11 is 0. The summed E-state index contributed by atoms with van der Waals surface area (Å²) in [6.07, 6.45) is 2.70. The first-order valence-corrected chi connectivity index (χ1v) is 8.46. The van der Waals surface area contributed by atoms with Crippen LogP contribution < -0.4 is 10.1 Å². The van der Waals surface area contributed by atoms with E-state index in [1.807, 2.05) is 36.4 Å². The smallest absolute Gasteiger partial charge is 0.318 e. The number of amides is 2. The lowest BCUT2D eigenvalue weighted by atomic mass is 9.99. The Labute approximate surface area is 151 Å². The van der Waals surface area contributed by atoms with Gasteiger partial charge in [0.2, 0.25) is 0 Å². The molecule has 1 aliphatic rings. The predicted octanol–water partition coefficient (Wildman–Crippen LogP) is 3.62. The number of carbonyl (C=O) groups is 1. The topological polar surface area (TPSA) is 54.5 Å². The van der Waals surface area contributed by atoms with Crippen LogP contribution in [-0.2, 0) is 0 Å². The molecule has 1 fully saturated rings. The van der Waals surface area contributed by atoms with Crippen molar-refractivity contribution in [1.82, 2.24) is 15.2 Å². The van der Waals surface area contributed by atoms with E-state index in [1.54, 1.807) is 19.5 Å². The molecule has 0 aliphatic carbocycles. The van der Waals surface area contributed by atoms with Crippen LogP contribution in [0.3, 0.4) is 0 Å². The van der Waals surface area contributed by atoms with Crippen molar-refractivity contribution < 1.29 is 18.3 Å². The largest absolute Gasteiger partial charge is 0.497 e. The molecule has 138 valence electrons. The SMILES string of the molecule is COc1ccc([C@H](NC(=O)N2CCC(F)(F)CC2)c2ccncc2)cc1. The average molecular weight is 361 g/mol. The zero-order chi connectivity index (χ0) is 18.6. The molecular weight excluding hydrogens is 340 g/mol. The van der Waals surface area contributed by atoms with Crippen LogP contribution in [0.1, 0.15) is 30.0 Å². The molecule has 1 aromatic carbocycles. The van der Waals surface area contributed by atoms with Gasteiger partial charge in [-0.05, 0) is 35.4 Å². The van der Waals surface area contributed by atoms with Crippen molar-refractivity contribution >= 4 is 6.03 Å². The number of methoxy groups -OCH3 is 1. The normalized spacial score (nSPS) is 17.4. The molecular formula is C19H21F2N3O2. The fourth-order valence-electron chi connectivity index (χ4n) is 2.96. The van der Waals surface area contributed by atoms with E-state index < -0.39 is 12.0 Å². The molecule has 2 aromatic rings. The number of likely N-dealkylation sites (tertiary alicyclic amines) is 1. The Morgan fingerprint density at radius 2 is 1.69 bits per heavy atom. The highest BCUT2D eigenvalue weighted by Gasteiger charge is 2.36. The highest BCUT2D eigenvalue weighted by molar-refractivity contribution is 5.75. The minimum absolute atomic E-state index is 0.0461. The number of carbonyl (C=O) groups excluding carboxylic acids is 1. The number of aromatic nitrogens is 1. The van der Waals surface area contributed by atoms with Crippen LogP contribution in [0.15, 0.2) is 48.8 Å². The summed E-state index contributed by atoms with van der Waals surface area (Å²) in [5, 5.41) is 2.96. The number of halogens is 2. The molecule has 1 aromatic heterocycles. The molecule has 1 saturated heterocycles. The second-order valence-corrected chi connectivity index (χ2v) is 6.28. The molecule has 7 heteroatoms. The number of rotatable bonds is 4. The van der Waals surface area contributed by atoms with Gasteiger partial charge in [-0.15, -0.1) is 0 Å². The van der Waals surface area contributed by atoms with Crippen LogP contribution in [0, 0.1) is 0 Å². The summed E-state index contributed by atoms with van der Waals surface area (Å²) < 4.78 is 31.8. The molecule has 1 aliphatic heterocycles. The highest BCUT2D eigenvalue weighted by atomic mass is 19.3. The number of hydrogen-bond acceptors (Lipinski definition) is 3. The Kier molecular flexibility index (Phi) is 5.35. The molecule has 1 atom stereocenters. The summed E-state index contributed by atoms with van der Waals surface area (Å²) in [5.41, 5.74) is 1.73. The number of pyridine rings is 1. The Hall–Kier alpha value is -2.70. The van der Waals surface area contributed by atoms with Gasteiger partial charge in [0.1, 0.15) is 5.75 Å². The molecule has 5 nitrogen and oxygen atoms in total. The number of piperidine rings is 1. The standard InChI is InChI=1S/C19H21F2N3O2/c1-26-16-4-2-14(3-5-16)17(15-6-10-22-11-7-15)23-18(25)24-12-8-19(20,21)9-13-24/h2-7,10-11,17H,8-9,12-13H2,1H3,(H,23,25)/t17-/m0/s1. The Bertz CT molecular complexity index is 728. The van der Waals surface area contributed by atoms with Gasteiger partial charge in [-0.1, -0.05) is 12.1 Å². The van der Waals surface area contributed by atoms with Crippen LogP contribution in [0.5, 0.6) is 5.75 Å². The Balaban J connectivity index is 1.79. The third kappa shape index (κ3) is 4.28. The molecule has 2 amide bonds. The van der Waals surface area contributed by atoms with Gasteiger partial charge in [-0.3, -0.25) is 4.98 Å². The number of alkyl halides is 2. The second kappa shape index (κ2) is 7.68. The van der Waals surface area contributed by atoms with Crippen molar-refractivity contribution in [2.45, 2.75) is 24.8 Å². The summed E-state index contributed by atoms with van der Waals surface area (Å²) in [4.78, 5) is 18.1. The van der Waals surface area contributed by atoms with Crippen molar-refractivity contribution in [3.05, 3.63) is 59.9 Å². The first kappa shape index (κ1) is 18.1. The van der Waals surface area contributed by atoms with Crippen LogP contribution in [-0.4, -0.2) is 42.0 Å². The van der Waals surface area contributed by atoms with Crippen molar-refractivity contribution in [3.8, 4) is 5.75 Å². The molecule has 0 saturated carbocycles. The molecule has 0 spiro atoms. The third-order valence-electron chi connectivity index (χ3n) is 4.54. The van der Waals surface area contributed by atoms with Gasteiger partial charge >= 0.3 is 6.03 Å². The van der Waals surface area contributed by atoms with Crippen LogP contribution in [0.25, 0.3) is 0 Å². The van der Waals surface area contributed by atoms with Gasteiger partial charge in [0.15, 0.2) is 0 Å². The van der Waals surface area contributed by atoms with Crippen molar-refractivity contribution in [1.29, 1.82) is 0 Å².